The van der Waals surface area contributed by atoms with Crippen molar-refractivity contribution in [2.45, 2.75) is 27.3 Å². The van der Waals surface area contributed by atoms with Crippen molar-refractivity contribution in [3.63, 3.8) is 0 Å². The van der Waals surface area contributed by atoms with Crippen molar-refractivity contribution in [2.75, 3.05) is 5.32 Å². The van der Waals surface area contributed by atoms with Gasteiger partial charge in [-0.05, 0) is 26.8 Å². The first-order valence-corrected chi connectivity index (χ1v) is 5.37. The minimum atomic E-state index is -0.136. The molecular weight excluding hydrogens is 218 g/mol. The molecule has 0 aliphatic carbocycles. The molecule has 6 heteroatoms. The van der Waals surface area contributed by atoms with Crippen molar-refractivity contribution in [3.8, 4) is 0 Å². The van der Waals surface area contributed by atoms with Gasteiger partial charge in [0.15, 0.2) is 5.82 Å². The number of nitrogens with one attached hydrogen (secondary N) is 2. The number of aryl methyl sites for hydroxylation is 3. The monoisotopic (exact) mass is 233 g/mol. The van der Waals surface area contributed by atoms with Gasteiger partial charge in [-0.25, -0.2) is 0 Å². The number of hydrogen-bond donors (Lipinski definition) is 2. The van der Waals surface area contributed by atoms with Gasteiger partial charge >= 0.3 is 0 Å². The highest BCUT2D eigenvalue weighted by molar-refractivity contribution is 5.89. The van der Waals surface area contributed by atoms with Crippen LogP contribution in [0.5, 0.6) is 0 Å². The van der Waals surface area contributed by atoms with E-state index >= 15 is 0 Å². The van der Waals surface area contributed by atoms with E-state index in [9.17, 15) is 4.79 Å². The molecule has 0 saturated carbocycles. The van der Waals surface area contributed by atoms with Gasteiger partial charge in [0.2, 0.25) is 5.91 Å². The first-order chi connectivity index (χ1) is 8.04. The van der Waals surface area contributed by atoms with E-state index in [1.54, 1.807) is 10.7 Å². The maximum atomic E-state index is 11.7. The number of hydrogen-bond acceptors (Lipinski definition) is 3. The molecule has 0 saturated heterocycles. The quantitative estimate of drug-likeness (QED) is 0.835. The van der Waals surface area contributed by atoms with E-state index in [-0.39, 0.29) is 12.5 Å². The minimum Gasteiger partial charge on any atom is -0.308 e. The molecule has 2 N–H and O–H groups in total. The van der Waals surface area contributed by atoms with Crippen LogP contribution in [0.25, 0.3) is 0 Å². The van der Waals surface area contributed by atoms with Crippen LogP contribution in [0, 0.1) is 20.8 Å². The lowest BCUT2D eigenvalue weighted by Crippen LogP contribution is -2.20. The van der Waals surface area contributed by atoms with Crippen LogP contribution in [-0.2, 0) is 11.3 Å². The highest BCUT2D eigenvalue weighted by atomic mass is 16.2. The normalized spacial score (nSPS) is 10.5. The van der Waals surface area contributed by atoms with Crippen LogP contribution in [0.4, 0.5) is 5.82 Å². The van der Waals surface area contributed by atoms with E-state index in [2.05, 4.69) is 20.6 Å². The van der Waals surface area contributed by atoms with E-state index in [4.69, 9.17) is 0 Å². The summed E-state index contributed by atoms with van der Waals surface area (Å²) in [6.07, 6.45) is 0. The van der Waals surface area contributed by atoms with Gasteiger partial charge in [-0.15, -0.1) is 0 Å². The summed E-state index contributed by atoms with van der Waals surface area (Å²) < 4.78 is 1.67. The van der Waals surface area contributed by atoms with Crippen LogP contribution in [0.1, 0.15) is 17.1 Å². The Morgan fingerprint density at radius 1 is 1.41 bits per heavy atom. The first-order valence-electron chi connectivity index (χ1n) is 5.37. The Kier molecular flexibility index (Phi) is 2.95. The van der Waals surface area contributed by atoms with Gasteiger partial charge in [-0.3, -0.25) is 14.6 Å². The fourth-order valence-corrected chi connectivity index (χ4v) is 1.64. The molecule has 2 aromatic heterocycles. The standard InChI is InChI=1S/C11H15N5O/c1-7-5-10(14-13-7)12-11(17)6-16-9(3)4-8(2)15-16/h4-5H,6H2,1-3H3,(H2,12,13,14,17). The maximum absolute atomic E-state index is 11.7. The summed E-state index contributed by atoms with van der Waals surface area (Å²) in [5.74, 6) is 0.400. The predicted molar refractivity (Wildman–Crippen MR) is 63.7 cm³/mol. The number of aromatic amines is 1. The molecular formula is C11H15N5O. The van der Waals surface area contributed by atoms with E-state index in [1.165, 1.54) is 0 Å². The molecule has 0 fully saturated rings. The topological polar surface area (TPSA) is 75.6 Å². The molecule has 17 heavy (non-hydrogen) atoms. The Hall–Kier alpha value is -2.11. The third-order valence-electron chi connectivity index (χ3n) is 2.37. The van der Waals surface area contributed by atoms with Gasteiger partial charge in [-0.2, -0.15) is 10.2 Å². The van der Waals surface area contributed by atoms with Crippen molar-refractivity contribution in [1.82, 2.24) is 20.0 Å². The molecule has 1 amide bonds. The van der Waals surface area contributed by atoms with Gasteiger partial charge in [-0.1, -0.05) is 0 Å². The Morgan fingerprint density at radius 2 is 2.18 bits per heavy atom. The number of aromatic nitrogens is 4. The van der Waals surface area contributed by atoms with E-state index in [1.807, 2.05) is 26.8 Å². The molecule has 0 unspecified atom stereocenters. The smallest absolute Gasteiger partial charge is 0.247 e. The van der Waals surface area contributed by atoms with Gasteiger partial charge in [0, 0.05) is 17.5 Å². The van der Waals surface area contributed by atoms with Crippen molar-refractivity contribution >= 4 is 11.7 Å². The molecule has 0 aromatic carbocycles. The molecule has 2 aromatic rings. The molecule has 0 aliphatic heterocycles. The summed E-state index contributed by atoms with van der Waals surface area (Å²) in [5.41, 5.74) is 2.79. The van der Waals surface area contributed by atoms with Crippen molar-refractivity contribution in [3.05, 3.63) is 29.2 Å². The fraction of sp³-hybridized carbons (Fsp3) is 0.364. The summed E-state index contributed by atoms with van der Waals surface area (Å²) in [7, 11) is 0. The third kappa shape index (κ3) is 2.72. The fourth-order valence-electron chi connectivity index (χ4n) is 1.64. The molecule has 2 heterocycles. The zero-order valence-corrected chi connectivity index (χ0v) is 10.1. The number of amides is 1. The largest absolute Gasteiger partial charge is 0.308 e. The summed E-state index contributed by atoms with van der Waals surface area (Å²) in [5, 5.41) is 13.6. The highest BCUT2D eigenvalue weighted by Gasteiger charge is 2.08. The molecule has 2 rings (SSSR count). The molecule has 6 nitrogen and oxygen atoms in total. The lowest BCUT2D eigenvalue weighted by Gasteiger charge is -2.03. The Morgan fingerprint density at radius 3 is 2.71 bits per heavy atom. The minimum absolute atomic E-state index is 0.136. The van der Waals surface area contributed by atoms with Crippen LogP contribution in [-0.4, -0.2) is 25.9 Å². The van der Waals surface area contributed by atoms with Crippen LogP contribution in [0.2, 0.25) is 0 Å². The van der Waals surface area contributed by atoms with E-state index in [0.717, 1.165) is 17.1 Å². The zero-order valence-electron chi connectivity index (χ0n) is 10.1. The number of carbonyl (C=O) groups is 1. The molecule has 0 aliphatic rings. The van der Waals surface area contributed by atoms with Gasteiger partial charge in [0.05, 0.1) is 5.69 Å². The van der Waals surface area contributed by atoms with Crippen LogP contribution in [0.3, 0.4) is 0 Å². The maximum Gasteiger partial charge on any atom is 0.247 e. The van der Waals surface area contributed by atoms with Crippen LogP contribution in [0.15, 0.2) is 12.1 Å². The summed E-state index contributed by atoms with van der Waals surface area (Å²) in [4.78, 5) is 11.7. The Labute approximate surface area is 99.0 Å². The lowest BCUT2D eigenvalue weighted by atomic mass is 10.4. The number of rotatable bonds is 3. The summed E-state index contributed by atoms with van der Waals surface area (Å²) in [6.45, 7) is 5.90. The number of anilines is 1. The number of H-pyrrole nitrogens is 1. The van der Waals surface area contributed by atoms with Crippen LogP contribution >= 0.6 is 0 Å². The molecule has 0 radical (unpaired) electrons. The highest BCUT2D eigenvalue weighted by Crippen LogP contribution is 2.05. The van der Waals surface area contributed by atoms with Crippen molar-refractivity contribution in [1.29, 1.82) is 0 Å². The van der Waals surface area contributed by atoms with Crippen molar-refractivity contribution in [2.24, 2.45) is 0 Å². The lowest BCUT2D eigenvalue weighted by molar-refractivity contribution is -0.117. The van der Waals surface area contributed by atoms with Crippen LogP contribution < -0.4 is 5.32 Å². The SMILES string of the molecule is Cc1cc(C)n(CC(=O)Nc2cc(C)[nH]n2)n1. The second kappa shape index (κ2) is 4.40. The average Bonchev–Trinajstić information content (AvgIpc) is 2.74. The molecule has 90 valence electrons. The molecule has 0 bridgehead atoms. The number of carbonyl (C=O) groups excluding carboxylic acids is 1. The van der Waals surface area contributed by atoms with E-state index in [0.29, 0.717) is 5.82 Å². The molecule has 0 atom stereocenters. The second-order valence-corrected chi connectivity index (χ2v) is 4.07. The number of nitrogens with zero attached hydrogens (tertiary/aromatic N) is 3. The van der Waals surface area contributed by atoms with Gasteiger partial charge in [0.1, 0.15) is 6.54 Å². The van der Waals surface area contributed by atoms with Gasteiger partial charge < -0.3 is 5.32 Å². The summed E-state index contributed by atoms with van der Waals surface area (Å²) >= 11 is 0. The summed E-state index contributed by atoms with van der Waals surface area (Å²) in [6, 6.07) is 3.71. The van der Waals surface area contributed by atoms with E-state index < -0.39 is 0 Å². The third-order valence-corrected chi connectivity index (χ3v) is 2.37. The first kappa shape index (κ1) is 11.4. The second-order valence-electron chi connectivity index (χ2n) is 4.07. The van der Waals surface area contributed by atoms with Gasteiger partial charge in [0.25, 0.3) is 0 Å². The van der Waals surface area contributed by atoms with Crippen molar-refractivity contribution < 1.29 is 4.79 Å². The average molecular weight is 233 g/mol. The molecule has 0 spiro atoms. The zero-order chi connectivity index (χ0) is 12.4. The Balaban J connectivity index is 2.00. The Bertz CT molecular complexity index is 540. The predicted octanol–water partition coefficient (Wildman–Crippen LogP) is 1.17.